The number of aliphatic carboxylic acids is 1. The fourth-order valence-electron chi connectivity index (χ4n) is 5.21. The van der Waals surface area contributed by atoms with Crippen molar-refractivity contribution in [3.05, 3.63) is 59.4 Å². The van der Waals surface area contributed by atoms with Gasteiger partial charge in [-0.3, -0.25) is 5.10 Å². The van der Waals surface area contributed by atoms with Gasteiger partial charge in [0.2, 0.25) is 0 Å². The van der Waals surface area contributed by atoms with Crippen LogP contribution >= 0.6 is 0 Å². The molecule has 3 heterocycles. The first-order chi connectivity index (χ1) is 16.6. The van der Waals surface area contributed by atoms with Crippen molar-refractivity contribution in [2.24, 2.45) is 0 Å². The van der Waals surface area contributed by atoms with Crippen molar-refractivity contribution in [1.29, 1.82) is 5.26 Å². The predicted molar refractivity (Wildman–Crippen MR) is 125 cm³/mol. The van der Waals surface area contributed by atoms with E-state index in [0.717, 1.165) is 45.2 Å². The van der Waals surface area contributed by atoms with Gasteiger partial charge in [-0.1, -0.05) is 13.8 Å². The molecule has 0 saturated carbocycles. The van der Waals surface area contributed by atoms with Gasteiger partial charge >= 0.3 is 5.97 Å². The Bertz CT molecular complexity index is 1530. The number of hydrogen-bond donors (Lipinski definition) is 2. The van der Waals surface area contributed by atoms with E-state index in [4.69, 9.17) is 4.74 Å². The number of carboxylic acid groups (broad SMARTS) is 1. The molecule has 5 rings (SSSR count). The van der Waals surface area contributed by atoms with E-state index in [2.05, 4.69) is 16.3 Å². The smallest absolute Gasteiger partial charge is 0.335 e. The third-order valence-electron chi connectivity index (χ3n) is 6.99. The molecule has 1 fully saturated rings. The Hall–Kier alpha value is -3.77. The van der Waals surface area contributed by atoms with Crippen LogP contribution in [-0.4, -0.2) is 38.0 Å². The molecule has 2 aromatic heterocycles. The molecule has 4 aromatic rings. The molecule has 2 atom stereocenters. The van der Waals surface area contributed by atoms with Crippen molar-refractivity contribution in [2.45, 2.75) is 50.5 Å². The van der Waals surface area contributed by atoms with Crippen LogP contribution in [0.3, 0.4) is 0 Å². The Morgan fingerprint density at radius 3 is 2.77 bits per heavy atom. The van der Waals surface area contributed by atoms with Gasteiger partial charge in [0.25, 0.3) is 0 Å². The van der Waals surface area contributed by atoms with Crippen LogP contribution in [0.4, 0.5) is 8.78 Å². The average molecular weight is 478 g/mol. The van der Waals surface area contributed by atoms with Crippen LogP contribution in [-0.2, 0) is 14.9 Å². The second-order valence-corrected chi connectivity index (χ2v) is 9.99. The van der Waals surface area contributed by atoms with E-state index in [1.165, 1.54) is 6.07 Å². The number of H-pyrrole nitrogens is 1. The number of ether oxygens (including phenoxy) is 1. The van der Waals surface area contributed by atoms with Crippen LogP contribution in [0.5, 0.6) is 0 Å². The number of carboxylic acids is 1. The fraction of sp³-hybridized carbons (Fsp3) is 0.346. The molecular formula is C26H24F2N4O3. The number of nitrogens with zero attached hydrogens (tertiary/aromatic N) is 3. The number of halogens is 2. The van der Waals surface area contributed by atoms with Gasteiger partial charge < -0.3 is 14.4 Å². The molecule has 0 aliphatic carbocycles. The highest BCUT2D eigenvalue weighted by molar-refractivity contribution is 5.99. The lowest BCUT2D eigenvalue weighted by Crippen LogP contribution is -2.34. The fourth-order valence-corrected chi connectivity index (χ4v) is 5.21. The molecule has 0 amide bonds. The number of hydrogen-bond acceptors (Lipinski definition) is 4. The summed E-state index contributed by atoms with van der Waals surface area (Å²) in [6, 6.07) is 9.80. The van der Waals surface area contributed by atoms with E-state index >= 15 is 0 Å². The first kappa shape index (κ1) is 23.0. The largest absolute Gasteiger partial charge is 0.479 e. The summed E-state index contributed by atoms with van der Waals surface area (Å²) in [7, 11) is 0. The van der Waals surface area contributed by atoms with Crippen molar-refractivity contribution >= 4 is 27.8 Å². The van der Waals surface area contributed by atoms with Crippen LogP contribution in [0, 0.1) is 23.0 Å². The van der Waals surface area contributed by atoms with Gasteiger partial charge in [-0.15, -0.1) is 0 Å². The standard InChI is InChI=1S/C26H24F2N4O3/c1-25(2,6-7-29)23-22(15-11-26(3,24(33)34)35-13-15)17-10-20-14(12-30-31-20)8-21(17)32(23)16-4-5-18(27)19(28)9-16/h4-5,8-10,12,15H,6,11,13H2,1-3H3,(H,30,31)(H,33,34)/t15-,26-/m0/s1. The monoisotopic (exact) mass is 478 g/mol. The molecule has 0 spiro atoms. The quantitative estimate of drug-likeness (QED) is 0.404. The highest BCUT2D eigenvalue weighted by atomic mass is 19.2. The molecular weight excluding hydrogens is 454 g/mol. The molecule has 1 aliphatic heterocycles. The normalized spacial score (nSPS) is 20.5. The van der Waals surface area contributed by atoms with E-state index in [9.17, 15) is 23.9 Å². The number of aromatic nitrogens is 3. The number of nitrogens with one attached hydrogen (secondary N) is 1. The molecule has 0 radical (unpaired) electrons. The highest BCUT2D eigenvalue weighted by Gasteiger charge is 2.46. The minimum absolute atomic E-state index is 0.156. The van der Waals surface area contributed by atoms with Crippen molar-refractivity contribution in [3.63, 3.8) is 0 Å². The molecule has 0 bridgehead atoms. The summed E-state index contributed by atoms with van der Waals surface area (Å²) in [6.07, 6.45) is 2.07. The molecule has 180 valence electrons. The van der Waals surface area contributed by atoms with Gasteiger partial charge in [-0.25, -0.2) is 13.6 Å². The zero-order chi connectivity index (χ0) is 25.1. The van der Waals surface area contributed by atoms with E-state index in [1.807, 2.05) is 30.5 Å². The Morgan fingerprint density at radius 2 is 2.11 bits per heavy atom. The Kier molecular flexibility index (Phi) is 5.18. The van der Waals surface area contributed by atoms with Gasteiger partial charge in [-0.2, -0.15) is 10.4 Å². The number of aromatic amines is 1. The topological polar surface area (TPSA) is 104 Å². The summed E-state index contributed by atoms with van der Waals surface area (Å²) in [5, 5.41) is 28.1. The van der Waals surface area contributed by atoms with Gasteiger partial charge in [0.1, 0.15) is 0 Å². The van der Waals surface area contributed by atoms with Crippen LogP contribution in [0.1, 0.15) is 50.8 Å². The van der Waals surface area contributed by atoms with E-state index in [-0.39, 0.29) is 25.4 Å². The highest BCUT2D eigenvalue weighted by Crippen LogP contribution is 2.47. The summed E-state index contributed by atoms with van der Waals surface area (Å²) in [6.45, 7) is 5.57. The zero-order valence-electron chi connectivity index (χ0n) is 19.5. The van der Waals surface area contributed by atoms with Crippen molar-refractivity contribution in [2.75, 3.05) is 6.61 Å². The minimum Gasteiger partial charge on any atom is -0.479 e. The molecule has 1 saturated heterocycles. The predicted octanol–water partition coefficient (Wildman–Crippen LogP) is 5.32. The second-order valence-electron chi connectivity index (χ2n) is 9.99. The number of nitriles is 1. The summed E-state index contributed by atoms with van der Waals surface area (Å²) >= 11 is 0. The summed E-state index contributed by atoms with van der Waals surface area (Å²) < 4.78 is 35.9. The SMILES string of the molecule is CC(C)(CC#N)c1c([C@@H]2CO[C@](C)(C(=O)O)C2)c2cc3[nH]ncc3cc2n1-c1ccc(F)c(F)c1. The van der Waals surface area contributed by atoms with Gasteiger partial charge in [0.05, 0.1) is 29.9 Å². The summed E-state index contributed by atoms with van der Waals surface area (Å²) in [5.74, 6) is -3.28. The maximum Gasteiger partial charge on any atom is 0.335 e. The van der Waals surface area contributed by atoms with Crippen molar-refractivity contribution in [1.82, 2.24) is 14.8 Å². The van der Waals surface area contributed by atoms with Crippen molar-refractivity contribution < 1.29 is 23.4 Å². The number of carbonyl (C=O) groups is 1. The molecule has 9 heteroatoms. The number of benzene rings is 2. The second kappa shape index (κ2) is 7.89. The Labute approximate surface area is 199 Å². The van der Waals surface area contributed by atoms with Gasteiger partial charge in [0.15, 0.2) is 17.2 Å². The molecule has 2 N–H and O–H groups in total. The molecule has 0 unspecified atom stereocenters. The summed E-state index contributed by atoms with van der Waals surface area (Å²) in [4.78, 5) is 11.9. The Morgan fingerprint density at radius 1 is 1.34 bits per heavy atom. The summed E-state index contributed by atoms with van der Waals surface area (Å²) in [5.41, 5.74) is 1.44. The van der Waals surface area contributed by atoms with E-state index < -0.39 is 28.6 Å². The van der Waals surface area contributed by atoms with E-state index in [0.29, 0.717) is 5.69 Å². The molecule has 1 aliphatic rings. The molecule has 7 nitrogen and oxygen atoms in total. The zero-order valence-corrected chi connectivity index (χ0v) is 19.5. The number of rotatable bonds is 5. The van der Waals surface area contributed by atoms with E-state index in [1.54, 1.807) is 13.1 Å². The lowest BCUT2D eigenvalue weighted by atomic mass is 9.79. The maximum absolute atomic E-state index is 14.4. The minimum atomic E-state index is -1.35. The lowest BCUT2D eigenvalue weighted by Gasteiger charge is -2.28. The number of fused-ring (bicyclic) bond motifs is 2. The average Bonchev–Trinajstić information content (AvgIpc) is 3.50. The van der Waals surface area contributed by atoms with Crippen molar-refractivity contribution in [3.8, 4) is 11.8 Å². The first-order valence-electron chi connectivity index (χ1n) is 11.3. The molecule has 35 heavy (non-hydrogen) atoms. The third kappa shape index (κ3) is 3.56. The van der Waals surface area contributed by atoms with Gasteiger partial charge in [0, 0.05) is 46.0 Å². The Balaban J connectivity index is 1.89. The van der Waals surface area contributed by atoms with Crippen LogP contribution < -0.4 is 0 Å². The maximum atomic E-state index is 14.4. The lowest BCUT2D eigenvalue weighted by molar-refractivity contribution is -0.157. The third-order valence-corrected chi connectivity index (χ3v) is 6.99. The van der Waals surface area contributed by atoms with Crippen LogP contribution in [0.25, 0.3) is 27.5 Å². The molecule has 2 aromatic carbocycles. The van der Waals surface area contributed by atoms with Gasteiger partial charge in [-0.05, 0) is 43.2 Å². The van der Waals surface area contributed by atoms with Crippen LogP contribution in [0.15, 0.2) is 36.5 Å². The van der Waals surface area contributed by atoms with Crippen LogP contribution in [0.2, 0.25) is 0 Å². The first-order valence-corrected chi connectivity index (χ1v) is 11.3.